The summed E-state index contributed by atoms with van der Waals surface area (Å²) in [4.78, 5) is 5.43. The lowest BCUT2D eigenvalue weighted by Crippen LogP contribution is -2.23. The molecule has 0 fully saturated rings. The minimum absolute atomic E-state index is 0.0799. The summed E-state index contributed by atoms with van der Waals surface area (Å²) in [6.07, 6.45) is 4.88. The van der Waals surface area contributed by atoms with E-state index in [1.807, 2.05) is 18.2 Å². The lowest BCUT2D eigenvalue weighted by molar-refractivity contribution is 0.174. The van der Waals surface area contributed by atoms with Gasteiger partial charge in [0.2, 0.25) is 0 Å². The molecule has 0 bridgehead atoms. The predicted molar refractivity (Wildman–Crippen MR) is 156 cm³/mol. The Balaban J connectivity index is 1.15. The van der Waals surface area contributed by atoms with Crippen molar-refractivity contribution in [2.75, 3.05) is 24.9 Å². The van der Waals surface area contributed by atoms with E-state index in [1.165, 1.54) is 42.4 Å². The SMILES string of the molecule is COc1ccc(-c2cnn(-c3ccc(S(=O)(=O)Nc4ccc(CCNC[C@H](O)c5cccnc5)cc4)cc3)n2)cc1F. The van der Waals surface area contributed by atoms with Gasteiger partial charge in [-0.2, -0.15) is 9.90 Å². The number of sulfonamides is 1. The molecule has 0 amide bonds. The highest BCUT2D eigenvalue weighted by Gasteiger charge is 2.15. The Bertz CT molecular complexity index is 1730. The number of nitrogens with zero attached hydrogens (tertiary/aromatic N) is 4. The molecule has 0 unspecified atom stereocenters. The zero-order valence-corrected chi connectivity index (χ0v) is 23.5. The van der Waals surface area contributed by atoms with Crippen LogP contribution >= 0.6 is 0 Å². The Morgan fingerprint density at radius 2 is 1.81 bits per heavy atom. The molecule has 5 aromatic rings. The van der Waals surface area contributed by atoms with Gasteiger partial charge in [-0.3, -0.25) is 9.71 Å². The first-order chi connectivity index (χ1) is 20.3. The van der Waals surface area contributed by atoms with Gasteiger partial charge in [0.1, 0.15) is 5.69 Å². The number of hydrogen-bond donors (Lipinski definition) is 3. The predicted octanol–water partition coefficient (Wildman–Crippen LogP) is 4.14. The summed E-state index contributed by atoms with van der Waals surface area (Å²) in [7, 11) is -2.44. The Kier molecular flexibility index (Phi) is 8.86. The molecule has 0 saturated carbocycles. The smallest absolute Gasteiger partial charge is 0.261 e. The van der Waals surface area contributed by atoms with Gasteiger partial charge in [-0.25, -0.2) is 12.8 Å². The third-order valence-electron chi connectivity index (χ3n) is 6.52. The number of aliphatic hydroxyl groups is 1. The molecule has 5 rings (SSSR count). The maximum Gasteiger partial charge on any atom is 0.261 e. The van der Waals surface area contributed by atoms with E-state index in [2.05, 4.69) is 25.2 Å². The highest BCUT2D eigenvalue weighted by Crippen LogP contribution is 2.25. The first-order valence-electron chi connectivity index (χ1n) is 13.1. The van der Waals surface area contributed by atoms with Crippen molar-refractivity contribution < 1.29 is 22.7 Å². The number of hydrogen-bond acceptors (Lipinski definition) is 8. The number of aromatic nitrogens is 4. The second-order valence-electron chi connectivity index (χ2n) is 9.42. The lowest BCUT2D eigenvalue weighted by Gasteiger charge is -2.12. The summed E-state index contributed by atoms with van der Waals surface area (Å²) in [5.74, 6) is -0.374. The van der Waals surface area contributed by atoms with Gasteiger partial charge in [-0.15, -0.1) is 5.10 Å². The fourth-order valence-corrected chi connectivity index (χ4v) is 5.28. The molecule has 0 radical (unpaired) electrons. The normalized spacial score (nSPS) is 12.2. The summed E-state index contributed by atoms with van der Waals surface area (Å²) < 4.78 is 47.6. The van der Waals surface area contributed by atoms with Gasteiger partial charge in [0.05, 0.1) is 30.0 Å². The number of methoxy groups -OCH3 is 1. The number of rotatable bonds is 12. The van der Waals surface area contributed by atoms with E-state index in [4.69, 9.17) is 4.74 Å². The largest absolute Gasteiger partial charge is 0.494 e. The van der Waals surface area contributed by atoms with Crippen LogP contribution in [0.1, 0.15) is 17.2 Å². The maximum absolute atomic E-state index is 14.1. The first kappa shape index (κ1) is 28.9. The first-order valence-corrected chi connectivity index (χ1v) is 14.6. The fraction of sp³-hybridized carbons (Fsp3) is 0.167. The molecule has 0 aliphatic rings. The molecule has 0 spiro atoms. The van der Waals surface area contributed by atoms with Gasteiger partial charge in [-0.05, 0) is 79.2 Å². The Hall–Kier alpha value is -4.65. The van der Waals surface area contributed by atoms with Crippen LogP contribution in [0.5, 0.6) is 5.75 Å². The second-order valence-corrected chi connectivity index (χ2v) is 11.1. The number of pyridine rings is 1. The van der Waals surface area contributed by atoms with E-state index in [0.717, 1.165) is 11.1 Å². The average molecular weight is 589 g/mol. The summed E-state index contributed by atoms with van der Waals surface area (Å²) >= 11 is 0. The lowest BCUT2D eigenvalue weighted by atomic mass is 10.1. The number of nitrogens with one attached hydrogen (secondary N) is 2. The van der Waals surface area contributed by atoms with Gasteiger partial charge in [-0.1, -0.05) is 18.2 Å². The third kappa shape index (κ3) is 6.97. The van der Waals surface area contributed by atoms with Crippen LogP contribution in [0.15, 0.2) is 102 Å². The van der Waals surface area contributed by atoms with E-state index in [9.17, 15) is 17.9 Å². The summed E-state index contributed by atoms with van der Waals surface area (Å²) in [5, 5.41) is 22.0. The number of aliphatic hydroxyl groups excluding tert-OH is 1. The van der Waals surface area contributed by atoms with Gasteiger partial charge >= 0.3 is 0 Å². The van der Waals surface area contributed by atoms with Crippen molar-refractivity contribution in [3.63, 3.8) is 0 Å². The summed E-state index contributed by atoms with van der Waals surface area (Å²) in [6.45, 7) is 1.06. The van der Waals surface area contributed by atoms with Crippen molar-refractivity contribution in [1.82, 2.24) is 25.3 Å². The van der Waals surface area contributed by atoms with Crippen LogP contribution in [0.3, 0.4) is 0 Å². The molecule has 2 heterocycles. The average Bonchev–Trinajstić information content (AvgIpc) is 3.51. The number of benzene rings is 3. The van der Waals surface area contributed by atoms with Crippen LogP contribution in [-0.4, -0.2) is 53.7 Å². The van der Waals surface area contributed by atoms with Crippen LogP contribution in [0.4, 0.5) is 10.1 Å². The second kappa shape index (κ2) is 12.9. The molecule has 12 heteroatoms. The van der Waals surface area contributed by atoms with Gasteiger partial charge in [0.15, 0.2) is 11.6 Å². The minimum Gasteiger partial charge on any atom is -0.494 e. The van der Waals surface area contributed by atoms with Crippen LogP contribution in [0, 0.1) is 5.82 Å². The number of halogens is 1. The fourth-order valence-electron chi connectivity index (χ4n) is 4.22. The van der Waals surface area contributed by atoms with Gasteiger partial charge < -0.3 is 15.2 Å². The van der Waals surface area contributed by atoms with Crippen LogP contribution in [0.25, 0.3) is 16.9 Å². The molecule has 3 N–H and O–H groups in total. The Labute approximate surface area is 242 Å². The molecule has 0 aliphatic heterocycles. The topological polar surface area (TPSA) is 131 Å². The van der Waals surface area contributed by atoms with E-state index in [0.29, 0.717) is 42.1 Å². The molecule has 216 valence electrons. The monoisotopic (exact) mass is 588 g/mol. The standard InChI is InChI=1S/C30H29FN6O4S/c1-41-30-13-6-22(17-27(30)31)28-19-34-37(35-28)25-9-11-26(12-10-25)42(39,40)36-24-7-4-21(5-8-24)14-16-33-20-29(38)23-3-2-15-32-18-23/h2-13,15,17-19,29,33,36,38H,14,16,20H2,1H3/t29-/m0/s1. The highest BCUT2D eigenvalue weighted by molar-refractivity contribution is 7.92. The molecule has 42 heavy (non-hydrogen) atoms. The van der Waals surface area contributed by atoms with Crippen LogP contribution in [0.2, 0.25) is 0 Å². The number of anilines is 1. The Morgan fingerprint density at radius 1 is 1.02 bits per heavy atom. The summed E-state index contributed by atoms with van der Waals surface area (Å²) in [5.41, 5.74) is 3.74. The van der Waals surface area contributed by atoms with E-state index in [1.54, 1.807) is 48.8 Å². The third-order valence-corrected chi connectivity index (χ3v) is 7.92. The summed E-state index contributed by atoms with van der Waals surface area (Å²) in [6, 6.07) is 21.4. The Morgan fingerprint density at radius 3 is 2.50 bits per heavy atom. The van der Waals surface area contributed by atoms with E-state index in [-0.39, 0.29) is 10.6 Å². The zero-order chi connectivity index (χ0) is 29.5. The van der Waals surface area contributed by atoms with Crippen molar-refractivity contribution in [3.8, 4) is 22.7 Å². The molecular weight excluding hydrogens is 559 g/mol. The molecule has 2 aromatic heterocycles. The van der Waals surface area contributed by atoms with Gasteiger partial charge in [0, 0.05) is 35.8 Å². The van der Waals surface area contributed by atoms with Crippen molar-refractivity contribution in [2.45, 2.75) is 17.4 Å². The molecule has 10 nitrogen and oxygen atoms in total. The molecule has 3 aromatic carbocycles. The zero-order valence-electron chi connectivity index (χ0n) is 22.7. The molecule has 1 atom stereocenters. The van der Waals surface area contributed by atoms with E-state index < -0.39 is 21.9 Å². The van der Waals surface area contributed by atoms with Crippen molar-refractivity contribution in [1.29, 1.82) is 0 Å². The van der Waals surface area contributed by atoms with E-state index >= 15 is 0 Å². The van der Waals surface area contributed by atoms with Crippen LogP contribution < -0.4 is 14.8 Å². The number of ether oxygens (including phenoxy) is 1. The van der Waals surface area contributed by atoms with Crippen molar-refractivity contribution >= 4 is 15.7 Å². The van der Waals surface area contributed by atoms with Crippen LogP contribution in [-0.2, 0) is 16.4 Å². The van der Waals surface area contributed by atoms with Crippen molar-refractivity contribution in [2.24, 2.45) is 0 Å². The highest BCUT2D eigenvalue weighted by atomic mass is 32.2. The van der Waals surface area contributed by atoms with Gasteiger partial charge in [0.25, 0.3) is 10.0 Å². The molecular formula is C30H29FN6O4S. The minimum atomic E-state index is -3.83. The molecule has 0 aliphatic carbocycles. The quantitative estimate of drug-likeness (QED) is 0.185. The maximum atomic E-state index is 14.1. The molecule has 0 saturated heterocycles. The van der Waals surface area contributed by atoms with Crippen molar-refractivity contribution in [3.05, 3.63) is 114 Å².